The number of furan rings is 1. The van der Waals surface area contributed by atoms with Crippen LogP contribution in [0.3, 0.4) is 0 Å². The first-order chi connectivity index (χ1) is 12.5. The number of nitro benzene ring substituents is 1. The Morgan fingerprint density at radius 1 is 1.19 bits per heavy atom. The molecule has 0 aliphatic rings. The number of benzene rings is 2. The Hall–Kier alpha value is -3.32. The molecule has 1 aromatic heterocycles. The lowest BCUT2D eigenvalue weighted by Gasteiger charge is -2.06. The third kappa shape index (κ3) is 3.68. The molecule has 26 heavy (non-hydrogen) atoms. The van der Waals surface area contributed by atoms with Gasteiger partial charge in [-0.05, 0) is 36.4 Å². The van der Waals surface area contributed by atoms with Crippen LogP contribution in [-0.2, 0) is 0 Å². The van der Waals surface area contributed by atoms with Crippen molar-refractivity contribution in [2.75, 3.05) is 12.4 Å². The Labute approximate surface area is 153 Å². The third-order valence-corrected chi connectivity index (χ3v) is 3.82. The number of anilines is 1. The van der Waals surface area contributed by atoms with Gasteiger partial charge in [-0.25, -0.2) is 0 Å². The molecule has 2 aromatic carbocycles. The third-order valence-electron chi connectivity index (χ3n) is 3.59. The van der Waals surface area contributed by atoms with Gasteiger partial charge in [0.2, 0.25) is 0 Å². The van der Waals surface area contributed by atoms with Crippen LogP contribution in [0.15, 0.2) is 59.0 Å². The molecule has 0 aliphatic heterocycles. The highest BCUT2D eigenvalue weighted by Gasteiger charge is 2.20. The molecule has 0 unspecified atom stereocenters. The first-order valence-electron chi connectivity index (χ1n) is 7.47. The van der Waals surface area contributed by atoms with Crippen molar-refractivity contribution in [1.29, 1.82) is 0 Å². The molecule has 0 bridgehead atoms. The van der Waals surface area contributed by atoms with Crippen LogP contribution in [0.4, 0.5) is 11.4 Å². The second-order valence-corrected chi connectivity index (χ2v) is 5.70. The predicted octanol–water partition coefficient (Wildman–Crippen LogP) is 4.77. The molecule has 0 saturated carbocycles. The van der Waals surface area contributed by atoms with E-state index in [-0.39, 0.29) is 17.1 Å². The molecule has 1 amide bonds. The minimum Gasteiger partial charge on any atom is -0.496 e. The molecule has 3 aromatic rings. The van der Waals surface area contributed by atoms with E-state index in [4.69, 9.17) is 20.8 Å². The van der Waals surface area contributed by atoms with Gasteiger partial charge in [0.15, 0.2) is 5.76 Å². The number of halogens is 1. The highest BCUT2D eigenvalue weighted by atomic mass is 35.5. The van der Waals surface area contributed by atoms with Gasteiger partial charge in [0, 0.05) is 10.6 Å². The fraction of sp³-hybridized carbons (Fsp3) is 0.0556. The van der Waals surface area contributed by atoms with Crippen LogP contribution < -0.4 is 10.1 Å². The van der Waals surface area contributed by atoms with Crippen molar-refractivity contribution in [2.45, 2.75) is 0 Å². The quantitative estimate of drug-likeness (QED) is 0.514. The molecule has 0 spiro atoms. The van der Waals surface area contributed by atoms with Crippen molar-refractivity contribution < 1.29 is 18.9 Å². The molecule has 7 nitrogen and oxygen atoms in total. The van der Waals surface area contributed by atoms with Crippen LogP contribution in [0.2, 0.25) is 5.02 Å². The maximum atomic E-state index is 12.4. The SMILES string of the molecule is COc1ccc(NC(=O)c2ccc(-c3cccc(Cl)c3)o2)c([N+](=O)[O-])c1. The molecule has 0 saturated heterocycles. The van der Waals surface area contributed by atoms with Gasteiger partial charge in [-0.2, -0.15) is 0 Å². The topological polar surface area (TPSA) is 94.6 Å². The molecule has 8 heteroatoms. The zero-order chi connectivity index (χ0) is 18.7. The Bertz CT molecular complexity index is 983. The fourth-order valence-corrected chi connectivity index (χ4v) is 2.53. The predicted molar refractivity (Wildman–Crippen MR) is 96.8 cm³/mol. The maximum absolute atomic E-state index is 12.4. The van der Waals surface area contributed by atoms with Gasteiger partial charge in [-0.1, -0.05) is 23.7 Å². The lowest BCUT2D eigenvalue weighted by Crippen LogP contribution is -2.12. The van der Waals surface area contributed by atoms with Crippen molar-refractivity contribution in [3.05, 3.63) is 75.5 Å². The van der Waals surface area contributed by atoms with E-state index in [9.17, 15) is 14.9 Å². The van der Waals surface area contributed by atoms with Crippen LogP contribution in [0.1, 0.15) is 10.6 Å². The van der Waals surface area contributed by atoms with E-state index in [0.29, 0.717) is 22.1 Å². The molecule has 0 atom stereocenters. The van der Waals surface area contributed by atoms with E-state index in [0.717, 1.165) is 0 Å². The molecule has 0 fully saturated rings. The number of methoxy groups -OCH3 is 1. The summed E-state index contributed by atoms with van der Waals surface area (Å²) < 4.78 is 10.5. The largest absolute Gasteiger partial charge is 0.496 e. The van der Waals surface area contributed by atoms with Crippen LogP contribution >= 0.6 is 11.6 Å². The van der Waals surface area contributed by atoms with Crippen molar-refractivity contribution in [2.24, 2.45) is 0 Å². The summed E-state index contributed by atoms with van der Waals surface area (Å²) in [7, 11) is 1.40. The highest BCUT2D eigenvalue weighted by molar-refractivity contribution is 6.30. The number of amides is 1. The summed E-state index contributed by atoms with van der Waals surface area (Å²) in [6, 6.07) is 14.2. The number of hydrogen-bond donors (Lipinski definition) is 1. The number of hydrogen-bond acceptors (Lipinski definition) is 5. The lowest BCUT2D eigenvalue weighted by atomic mass is 10.2. The van der Waals surface area contributed by atoms with Crippen molar-refractivity contribution >= 4 is 28.9 Å². The maximum Gasteiger partial charge on any atom is 0.296 e. The molecular weight excluding hydrogens is 360 g/mol. The summed E-state index contributed by atoms with van der Waals surface area (Å²) in [4.78, 5) is 23.0. The number of nitro groups is 1. The van der Waals surface area contributed by atoms with Crippen molar-refractivity contribution in [1.82, 2.24) is 0 Å². The van der Waals surface area contributed by atoms with Crippen LogP contribution in [0.25, 0.3) is 11.3 Å². The second-order valence-electron chi connectivity index (χ2n) is 5.27. The van der Waals surface area contributed by atoms with Gasteiger partial charge in [-0.3, -0.25) is 14.9 Å². The lowest BCUT2D eigenvalue weighted by molar-refractivity contribution is -0.384. The van der Waals surface area contributed by atoms with E-state index in [1.807, 2.05) is 0 Å². The number of carbonyl (C=O) groups excluding carboxylic acids is 1. The fourth-order valence-electron chi connectivity index (χ4n) is 2.34. The first-order valence-corrected chi connectivity index (χ1v) is 7.85. The summed E-state index contributed by atoms with van der Waals surface area (Å²) in [6.45, 7) is 0. The molecule has 0 aliphatic carbocycles. The number of ether oxygens (including phenoxy) is 1. The smallest absolute Gasteiger partial charge is 0.296 e. The van der Waals surface area contributed by atoms with Gasteiger partial charge < -0.3 is 14.5 Å². The Morgan fingerprint density at radius 2 is 2.00 bits per heavy atom. The number of nitrogens with one attached hydrogen (secondary N) is 1. The molecular formula is C18H13ClN2O5. The summed E-state index contributed by atoms with van der Waals surface area (Å²) in [5, 5.41) is 14.2. The Balaban J connectivity index is 1.84. The Kier molecular flexibility index (Phi) is 4.90. The highest BCUT2D eigenvalue weighted by Crippen LogP contribution is 2.30. The number of carbonyl (C=O) groups is 1. The second kappa shape index (κ2) is 7.28. The van der Waals surface area contributed by atoms with Gasteiger partial charge >= 0.3 is 0 Å². The summed E-state index contributed by atoms with van der Waals surface area (Å²) in [5.74, 6) is 0.189. The van der Waals surface area contributed by atoms with E-state index in [2.05, 4.69) is 5.32 Å². The minimum absolute atomic E-state index is 0.0186. The summed E-state index contributed by atoms with van der Waals surface area (Å²) in [5.41, 5.74) is 0.479. The summed E-state index contributed by atoms with van der Waals surface area (Å²) in [6.07, 6.45) is 0. The van der Waals surface area contributed by atoms with Gasteiger partial charge in [-0.15, -0.1) is 0 Å². The van der Waals surface area contributed by atoms with E-state index >= 15 is 0 Å². The van der Waals surface area contributed by atoms with Crippen LogP contribution in [0, 0.1) is 10.1 Å². The van der Waals surface area contributed by atoms with E-state index in [1.165, 1.54) is 31.4 Å². The normalized spacial score (nSPS) is 10.4. The molecule has 132 valence electrons. The van der Waals surface area contributed by atoms with Crippen molar-refractivity contribution in [3.8, 4) is 17.1 Å². The molecule has 1 heterocycles. The van der Waals surface area contributed by atoms with E-state index in [1.54, 1.807) is 30.3 Å². The van der Waals surface area contributed by atoms with Gasteiger partial charge in [0.05, 0.1) is 18.1 Å². The summed E-state index contributed by atoms with van der Waals surface area (Å²) >= 11 is 5.95. The van der Waals surface area contributed by atoms with Crippen LogP contribution in [0.5, 0.6) is 5.75 Å². The first kappa shape index (κ1) is 17.5. The van der Waals surface area contributed by atoms with Crippen molar-refractivity contribution in [3.63, 3.8) is 0 Å². The van der Waals surface area contributed by atoms with Crippen LogP contribution in [-0.4, -0.2) is 17.9 Å². The van der Waals surface area contributed by atoms with Gasteiger partial charge in [0.25, 0.3) is 11.6 Å². The number of rotatable bonds is 5. The number of nitrogens with zero attached hydrogens (tertiary/aromatic N) is 1. The van der Waals surface area contributed by atoms with Gasteiger partial charge in [0.1, 0.15) is 17.2 Å². The molecule has 3 rings (SSSR count). The average Bonchev–Trinajstić information content (AvgIpc) is 3.12. The average molecular weight is 373 g/mol. The molecule has 0 radical (unpaired) electrons. The molecule has 1 N–H and O–H groups in total. The minimum atomic E-state index is -0.605. The zero-order valence-electron chi connectivity index (χ0n) is 13.6. The Morgan fingerprint density at radius 3 is 2.69 bits per heavy atom. The monoisotopic (exact) mass is 372 g/mol. The standard InChI is InChI=1S/C18H13ClN2O5/c1-25-13-5-6-14(15(10-13)21(23)24)20-18(22)17-8-7-16(26-17)11-3-2-4-12(19)9-11/h2-10H,1H3,(H,20,22). The van der Waals surface area contributed by atoms with E-state index < -0.39 is 10.8 Å². The zero-order valence-corrected chi connectivity index (χ0v) is 14.3.